The average Bonchev–Trinajstić information content (AvgIpc) is 3.10. The number of aromatic nitrogens is 2. The highest BCUT2D eigenvalue weighted by Crippen LogP contribution is 2.47. The second-order valence-corrected chi connectivity index (χ2v) is 6.81. The Bertz CT molecular complexity index is 928. The molecule has 0 saturated heterocycles. The molecule has 0 unspecified atom stereocenters. The molecule has 0 aromatic carbocycles. The fourth-order valence-electron chi connectivity index (χ4n) is 3.18. The first-order valence-electron chi connectivity index (χ1n) is 8.34. The van der Waals surface area contributed by atoms with Gasteiger partial charge in [0.2, 0.25) is 0 Å². The number of rotatable bonds is 5. The van der Waals surface area contributed by atoms with E-state index >= 15 is 0 Å². The van der Waals surface area contributed by atoms with Gasteiger partial charge in [-0.25, -0.2) is 4.98 Å². The van der Waals surface area contributed by atoms with Gasteiger partial charge in [0.15, 0.2) is 0 Å². The van der Waals surface area contributed by atoms with Crippen LogP contribution in [0.15, 0.2) is 51.8 Å². The number of hydrogen-bond acceptors (Lipinski definition) is 4. The molecule has 24 heavy (non-hydrogen) atoms. The highest BCUT2D eigenvalue weighted by atomic mass is 16.3. The van der Waals surface area contributed by atoms with Crippen LogP contribution in [0.4, 0.5) is 0 Å². The molecule has 1 saturated carbocycles. The van der Waals surface area contributed by atoms with Crippen molar-refractivity contribution in [3.8, 4) is 0 Å². The largest absolute Gasteiger partial charge is 0.464 e. The van der Waals surface area contributed by atoms with Crippen LogP contribution in [-0.4, -0.2) is 21.3 Å². The van der Waals surface area contributed by atoms with Crippen molar-refractivity contribution >= 4 is 5.65 Å². The molecule has 0 amide bonds. The topological polar surface area (TPSA) is 50.8 Å². The molecule has 0 aliphatic heterocycles. The zero-order valence-corrected chi connectivity index (χ0v) is 14.0. The van der Waals surface area contributed by atoms with E-state index in [9.17, 15) is 4.79 Å². The van der Waals surface area contributed by atoms with Crippen LogP contribution >= 0.6 is 0 Å². The lowest BCUT2D eigenvalue weighted by Crippen LogP contribution is -2.21. The molecule has 1 fully saturated rings. The first-order chi connectivity index (χ1) is 11.6. The van der Waals surface area contributed by atoms with E-state index in [-0.39, 0.29) is 5.56 Å². The molecule has 0 radical (unpaired) electrons. The number of furan rings is 1. The van der Waals surface area contributed by atoms with E-state index in [2.05, 4.69) is 28.9 Å². The minimum absolute atomic E-state index is 0.0491. The van der Waals surface area contributed by atoms with Gasteiger partial charge in [-0.3, -0.25) is 14.1 Å². The molecule has 1 aliphatic rings. The zero-order chi connectivity index (χ0) is 16.7. The first kappa shape index (κ1) is 15.1. The smallest absolute Gasteiger partial charge is 0.258 e. The van der Waals surface area contributed by atoms with Crippen LogP contribution < -0.4 is 5.56 Å². The van der Waals surface area contributed by atoms with E-state index in [1.807, 2.05) is 25.2 Å². The molecule has 3 heterocycles. The van der Waals surface area contributed by atoms with Gasteiger partial charge in [0, 0.05) is 24.7 Å². The maximum absolute atomic E-state index is 12.1. The molecule has 124 valence electrons. The van der Waals surface area contributed by atoms with Crippen LogP contribution in [-0.2, 0) is 13.1 Å². The van der Waals surface area contributed by atoms with Gasteiger partial charge >= 0.3 is 0 Å². The Hall–Kier alpha value is -2.40. The Kier molecular flexibility index (Phi) is 3.73. The Morgan fingerprint density at radius 3 is 2.92 bits per heavy atom. The van der Waals surface area contributed by atoms with Gasteiger partial charge in [0.25, 0.3) is 5.56 Å². The summed E-state index contributed by atoms with van der Waals surface area (Å²) in [7, 11) is 2.01. The minimum atomic E-state index is -0.0491. The number of pyridine rings is 1. The van der Waals surface area contributed by atoms with Crippen molar-refractivity contribution in [1.82, 2.24) is 14.3 Å². The summed E-state index contributed by atoms with van der Waals surface area (Å²) in [5.41, 5.74) is 1.40. The molecule has 5 nitrogen and oxygen atoms in total. The van der Waals surface area contributed by atoms with Gasteiger partial charge in [-0.05, 0) is 43.7 Å². The van der Waals surface area contributed by atoms with Crippen LogP contribution in [0.25, 0.3) is 5.65 Å². The summed E-state index contributed by atoms with van der Waals surface area (Å²) in [6, 6.07) is 11.3. The highest BCUT2D eigenvalue weighted by molar-refractivity contribution is 5.37. The Morgan fingerprint density at radius 1 is 1.29 bits per heavy atom. The predicted molar refractivity (Wildman–Crippen MR) is 91.9 cm³/mol. The average molecular weight is 323 g/mol. The monoisotopic (exact) mass is 323 g/mol. The van der Waals surface area contributed by atoms with Gasteiger partial charge < -0.3 is 4.42 Å². The van der Waals surface area contributed by atoms with Crippen LogP contribution in [0.2, 0.25) is 0 Å². The molecule has 1 aliphatic carbocycles. The summed E-state index contributed by atoms with van der Waals surface area (Å²) < 4.78 is 7.51. The number of hydrogen-bond donors (Lipinski definition) is 0. The normalized spacial score (nSPS) is 20.0. The van der Waals surface area contributed by atoms with Crippen molar-refractivity contribution in [3.05, 3.63) is 70.2 Å². The quantitative estimate of drug-likeness (QED) is 0.724. The van der Waals surface area contributed by atoms with Crippen molar-refractivity contribution in [1.29, 1.82) is 0 Å². The summed E-state index contributed by atoms with van der Waals surface area (Å²) >= 11 is 0. The molecule has 0 N–H and O–H groups in total. The van der Waals surface area contributed by atoms with Crippen LogP contribution in [0.5, 0.6) is 0 Å². The lowest BCUT2D eigenvalue weighted by molar-refractivity contribution is 0.280. The fraction of sp³-hybridized carbons (Fsp3) is 0.368. The molecule has 3 aromatic heterocycles. The first-order valence-corrected chi connectivity index (χ1v) is 8.34. The summed E-state index contributed by atoms with van der Waals surface area (Å²) in [5.74, 6) is 3.42. The van der Waals surface area contributed by atoms with E-state index in [0.717, 1.165) is 23.1 Å². The van der Waals surface area contributed by atoms with Crippen molar-refractivity contribution in [3.63, 3.8) is 0 Å². The Morgan fingerprint density at radius 2 is 2.12 bits per heavy atom. The van der Waals surface area contributed by atoms with Gasteiger partial charge in [-0.15, -0.1) is 0 Å². The minimum Gasteiger partial charge on any atom is -0.464 e. The third-order valence-corrected chi connectivity index (χ3v) is 4.64. The SMILES string of the molecule is C[C@@H]1C[C@H]1c1ccc(CN(C)Cc2cc(=O)n3ccccc3n2)o1. The van der Waals surface area contributed by atoms with E-state index < -0.39 is 0 Å². The van der Waals surface area contributed by atoms with E-state index in [1.165, 1.54) is 6.42 Å². The Labute approximate surface area is 140 Å². The van der Waals surface area contributed by atoms with Crippen molar-refractivity contribution < 1.29 is 4.42 Å². The van der Waals surface area contributed by atoms with Gasteiger partial charge in [-0.2, -0.15) is 0 Å². The second-order valence-electron chi connectivity index (χ2n) is 6.81. The van der Waals surface area contributed by atoms with Crippen molar-refractivity contribution in [2.75, 3.05) is 7.05 Å². The molecular formula is C19H21N3O2. The van der Waals surface area contributed by atoms with Crippen LogP contribution in [0.3, 0.4) is 0 Å². The summed E-state index contributed by atoms with van der Waals surface area (Å²) in [6.07, 6.45) is 2.97. The lowest BCUT2D eigenvalue weighted by Gasteiger charge is -2.14. The maximum Gasteiger partial charge on any atom is 0.258 e. The third-order valence-electron chi connectivity index (χ3n) is 4.64. The van der Waals surface area contributed by atoms with E-state index in [4.69, 9.17) is 4.42 Å². The summed E-state index contributed by atoms with van der Waals surface area (Å²) in [4.78, 5) is 18.8. The van der Waals surface area contributed by atoms with Crippen molar-refractivity contribution in [2.24, 2.45) is 5.92 Å². The molecule has 0 bridgehead atoms. The third kappa shape index (κ3) is 2.99. The number of fused-ring (bicyclic) bond motifs is 1. The Balaban J connectivity index is 1.47. The zero-order valence-electron chi connectivity index (χ0n) is 14.0. The van der Waals surface area contributed by atoms with Crippen molar-refractivity contribution in [2.45, 2.75) is 32.4 Å². The summed E-state index contributed by atoms with van der Waals surface area (Å²) in [6.45, 7) is 3.57. The standard InChI is InChI=1S/C19H21N3O2/c1-13-9-16(13)17-7-6-15(24-17)12-21(2)11-14-10-19(23)22-8-4-3-5-18(22)20-14/h3-8,10,13,16H,9,11-12H2,1-2H3/t13-,16-/m1/s1. The van der Waals surface area contributed by atoms with Crippen LogP contribution in [0.1, 0.15) is 36.5 Å². The van der Waals surface area contributed by atoms with Gasteiger partial charge in [-0.1, -0.05) is 13.0 Å². The van der Waals surface area contributed by atoms with Crippen LogP contribution in [0, 0.1) is 5.92 Å². The maximum atomic E-state index is 12.1. The van der Waals surface area contributed by atoms with Gasteiger partial charge in [0.05, 0.1) is 12.2 Å². The van der Waals surface area contributed by atoms with E-state index in [0.29, 0.717) is 24.7 Å². The van der Waals surface area contributed by atoms with E-state index in [1.54, 1.807) is 16.7 Å². The second kappa shape index (κ2) is 5.91. The lowest BCUT2D eigenvalue weighted by atomic mass is 10.3. The number of nitrogens with zero attached hydrogens (tertiary/aromatic N) is 3. The molecule has 2 atom stereocenters. The highest BCUT2D eigenvalue weighted by Gasteiger charge is 2.36. The molecule has 5 heteroatoms. The molecular weight excluding hydrogens is 302 g/mol. The molecule has 0 spiro atoms. The molecule has 4 rings (SSSR count). The molecule has 3 aromatic rings. The fourth-order valence-corrected chi connectivity index (χ4v) is 3.18. The van der Waals surface area contributed by atoms with Gasteiger partial charge in [0.1, 0.15) is 17.2 Å². The summed E-state index contributed by atoms with van der Waals surface area (Å²) in [5, 5.41) is 0. The predicted octanol–water partition coefficient (Wildman–Crippen LogP) is 3.04.